The van der Waals surface area contributed by atoms with Gasteiger partial charge in [0, 0.05) is 55.8 Å². The average Bonchev–Trinajstić information content (AvgIpc) is 2.84. The van der Waals surface area contributed by atoms with Gasteiger partial charge in [-0.2, -0.15) is 0 Å². The molecule has 0 radical (unpaired) electrons. The van der Waals surface area contributed by atoms with Gasteiger partial charge in [0.05, 0.1) is 10.7 Å². The first kappa shape index (κ1) is 26.0. The van der Waals surface area contributed by atoms with Crippen molar-refractivity contribution in [3.05, 3.63) is 83.8 Å². The maximum atomic E-state index is 4.62. The first-order valence-electron chi connectivity index (χ1n) is 11.4. The quantitative estimate of drug-likeness (QED) is 0.258. The Morgan fingerprint density at radius 3 is 2.33 bits per heavy atom. The van der Waals surface area contributed by atoms with Crippen LogP contribution in [0.1, 0.15) is 23.2 Å². The zero-order chi connectivity index (χ0) is 22.0. The number of aromatic nitrogens is 2. The summed E-state index contributed by atoms with van der Waals surface area (Å²) in [5, 5.41) is 1.05. The molecule has 7 heteroatoms. The number of pyridine rings is 2. The number of hydrogen-bond acceptors (Lipinski definition) is 6. The lowest BCUT2D eigenvalue weighted by molar-refractivity contribution is 0.127. The third-order valence-electron chi connectivity index (χ3n) is 5.84. The molecule has 3 aromatic rings. The molecule has 176 valence electrons. The third-order valence-corrected chi connectivity index (χ3v) is 8.04. The third kappa shape index (κ3) is 8.30. The molecule has 0 spiro atoms. The van der Waals surface area contributed by atoms with Crippen LogP contribution in [0.2, 0.25) is 0 Å². The summed E-state index contributed by atoms with van der Waals surface area (Å²) in [7, 11) is 0. The smallest absolute Gasteiger partial charge is 0.0963 e. The largest absolute Gasteiger partial charge is 0.301 e. The van der Waals surface area contributed by atoms with Crippen LogP contribution in [0, 0.1) is 6.92 Å². The Morgan fingerprint density at radius 2 is 1.58 bits per heavy atom. The van der Waals surface area contributed by atoms with Gasteiger partial charge < -0.3 is 4.90 Å². The molecular weight excluding hydrogens is 468 g/mol. The Balaban J connectivity index is 0.00000306. The number of halogens is 1. The van der Waals surface area contributed by atoms with E-state index in [4.69, 9.17) is 0 Å². The van der Waals surface area contributed by atoms with E-state index in [2.05, 4.69) is 69.2 Å². The summed E-state index contributed by atoms with van der Waals surface area (Å²) in [6.45, 7) is 9.17. The highest BCUT2D eigenvalue weighted by molar-refractivity contribution is 7.99. The van der Waals surface area contributed by atoms with E-state index in [0.717, 1.165) is 23.1 Å². The van der Waals surface area contributed by atoms with Crippen LogP contribution in [0.5, 0.6) is 0 Å². The molecule has 3 heterocycles. The van der Waals surface area contributed by atoms with Crippen LogP contribution in [0.25, 0.3) is 0 Å². The van der Waals surface area contributed by atoms with Crippen molar-refractivity contribution in [3.63, 3.8) is 0 Å². The Bertz CT molecular complexity index is 951. The first-order valence-corrected chi connectivity index (χ1v) is 13.3. The van der Waals surface area contributed by atoms with Crippen molar-refractivity contribution in [1.29, 1.82) is 0 Å². The van der Waals surface area contributed by atoms with Crippen LogP contribution in [-0.2, 0) is 12.3 Å². The Labute approximate surface area is 213 Å². The van der Waals surface area contributed by atoms with E-state index in [9.17, 15) is 0 Å². The van der Waals surface area contributed by atoms with E-state index in [1.54, 1.807) is 11.8 Å². The summed E-state index contributed by atoms with van der Waals surface area (Å²) in [5.41, 5.74) is 3.90. The summed E-state index contributed by atoms with van der Waals surface area (Å²) in [6, 6.07) is 19.0. The fourth-order valence-electron chi connectivity index (χ4n) is 3.92. The standard InChI is InChI=1S/C26H32N4S2.ClH/c1-22-24(21-32-26-10-5-6-12-28-26)27-13-11-25(22)31-19-7-14-29-15-17-30(18-16-29)20-23-8-3-2-4-9-23;/h2-6,8-13H,7,14-21H2,1H3;1H. The maximum absolute atomic E-state index is 4.62. The van der Waals surface area contributed by atoms with Gasteiger partial charge in [0.15, 0.2) is 0 Å². The average molecular weight is 501 g/mol. The van der Waals surface area contributed by atoms with Gasteiger partial charge in [0.1, 0.15) is 0 Å². The Hall–Kier alpha value is -1.57. The fourth-order valence-corrected chi connectivity index (χ4v) is 5.79. The molecule has 0 bridgehead atoms. The van der Waals surface area contributed by atoms with Gasteiger partial charge in [-0.25, -0.2) is 4.98 Å². The van der Waals surface area contributed by atoms with E-state index < -0.39 is 0 Å². The molecule has 0 N–H and O–H groups in total. The molecule has 1 fully saturated rings. The van der Waals surface area contributed by atoms with Crippen LogP contribution in [0.4, 0.5) is 0 Å². The molecule has 4 rings (SSSR count). The molecule has 0 atom stereocenters. The monoisotopic (exact) mass is 500 g/mol. The van der Waals surface area contributed by atoms with Gasteiger partial charge in [-0.1, -0.05) is 36.4 Å². The second-order valence-electron chi connectivity index (χ2n) is 8.14. The Kier molecular flexibility index (Phi) is 11.0. The lowest BCUT2D eigenvalue weighted by Crippen LogP contribution is -2.46. The van der Waals surface area contributed by atoms with Crippen molar-refractivity contribution in [3.8, 4) is 0 Å². The highest BCUT2D eigenvalue weighted by Crippen LogP contribution is 2.28. The molecular formula is C26H33ClN4S2. The lowest BCUT2D eigenvalue weighted by atomic mass is 10.2. The number of nitrogens with zero attached hydrogens (tertiary/aromatic N) is 4. The second kappa shape index (κ2) is 14.0. The lowest BCUT2D eigenvalue weighted by Gasteiger charge is -2.34. The normalized spacial score (nSPS) is 14.7. The Morgan fingerprint density at radius 1 is 0.818 bits per heavy atom. The van der Waals surface area contributed by atoms with Crippen molar-refractivity contribution in [2.75, 3.05) is 38.5 Å². The highest BCUT2D eigenvalue weighted by atomic mass is 35.5. The van der Waals surface area contributed by atoms with Gasteiger partial charge in [-0.05, 0) is 55.0 Å². The summed E-state index contributed by atoms with van der Waals surface area (Å²) >= 11 is 3.72. The molecule has 33 heavy (non-hydrogen) atoms. The SMILES string of the molecule is Cc1c(SCCCN2CCN(Cc3ccccc3)CC2)ccnc1CSc1ccccn1.Cl. The van der Waals surface area contributed by atoms with E-state index in [1.165, 1.54) is 60.9 Å². The summed E-state index contributed by atoms with van der Waals surface area (Å²) in [5.74, 6) is 2.02. The molecule has 1 aliphatic heterocycles. The zero-order valence-electron chi connectivity index (χ0n) is 19.2. The van der Waals surface area contributed by atoms with Crippen molar-refractivity contribution in [2.45, 2.75) is 35.6 Å². The number of thioether (sulfide) groups is 2. The molecule has 0 unspecified atom stereocenters. The van der Waals surface area contributed by atoms with Crippen molar-refractivity contribution >= 4 is 35.9 Å². The number of hydrogen-bond donors (Lipinski definition) is 0. The second-order valence-corrected chi connectivity index (χ2v) is 10.3. The number of piperazine rings is 1. The molecule has 1 aliphatic rings. The van der Waals surface area contributed by atoms with Gasteiger partial charge >= 0.3 is 0 Å². The van der Waals surface area contributed by atoms with Crippen LogP contribution >= 0.6 is 35.9 Å². The van der Waals surface area contributed by atoms with Crippen LogP contribution in [0.3, 0.4) is 0 Å². The topological polar surface area (TPSA) is 32.3 Å². The highest BCUT2D eigenvalue weighted by Gasteiger charge is 2.16. The zero-order valence-corrected chi connectivity index (χ0v) is 21.7. The predicted molar refractivity (Wildman–Crippen MR) is 144 cm³/mol. The van der Waals surface area contributed by atoms with Crippen molar-refractivity contribution < 1.29 is 0 Å². The number of rotatable bonds is 10. The van der Waals surface area contributed by atoms with Gasteiger partial charge in [-0.15, -0.1) is 35.9 Å². The van der Waals surface area contributed by atoms with Gasteiger partial charge in [0.2, 0.25) is 0 Å². The fraction of sp³-hybridized carbons (Fsp3) is 0.385. The molecule has 1 saturated heterocycles. The minimum atomic E-state index is 0. The number of benzene rings is 1. The minimum Gasteiger partial charge on any atom is -0.301 e. The molecule has 4 nitrogen and oxygen atoms in total. The van der Waals surface area contributed by atoms with Gasteiger partial charge in [-0.3, -0.25) is 9.88 Å². The molecule has 0 amide bonds. The van der Waals surface area contributed by atoms with E-state index in [-0.39, 0.29) is 12.4 Å². The summed E-state index contributed by atoms with van der Waals surface area (Å²) in [4.78, 5) is 15.6. The maximum Gasteiger partial charge on any atom is 0.0963 e. The van der Waals surface area contributed by atoms with Crippen LogP contribution < -0.4 is 0 Å². The minimum absolute atomic E-state index is 0. The van der Waals surface area contributed by atoms with E-state index >= 15 is 0 Å². The summed E-state index contributed by atoms with van der Waals surface area (Å²) < 4.78 is 0. The van der Waals surface area contributed by atoms with Crippen molar-refractivity contribution in [2.24, 2.45) is 0 Å². The van der Waals surface area contributed by atoms with Gasteiger partial charge in [0.25, 0.3) is 0 Å². The van der Waals surface area contributed by atoms with E-state index in [1.807, 2.05) is 36.3 Å². The van der Waals surface area contributed by atoms with Crippen LogP contribution in [0.15, 0.2) is 76.9 Å². The van der Waals surface area contributed by atoms with Crippen LogP contribution in [-0.4, -0.2) is 58.2 Å². The molecule has 0 saturated carbocycles. The van der Waals surface area contributed by atoms with Crippen molar-refractivity contribution in [1.82, 2.24) is 19.8 Å². The summed E-state index contributed by atoms with van der Waals surface area (Å²) in [6.07, 6.45) is 5.02. The van der Waals surface area contributed by atoms with E-state index in [0.29, 0.717) is 0 Å². The first-order chi connectivity index (χ1) is 15.8. The molecule has 0 aliphatic carbocycles. The molecule has 2 aromatic heterocycles. The molecule has 1 aromatic carbocycles. The predicted octanol–water partition coefficient (Wildman–Crippen LogP) is 5.80.